The highest BCUT2D eigenvalue weighted by molar-refractivity contribution is 5.75. The standard InChI is InChI=1S/C16H30O2/c1-5-14(12-13-10-8-7-9-11-13)18-15(17)16(3,4)6-2/h13-14H,5-12H2,1-4H3. The normalized spacial score (nSPS) is 19.6. The monoisotopic (exact) mass is 254 g/mol. The van der Waals surface area contributed by atoms with Gasteiger partial charge in [-0.15, -0.1) is 0 Å². The summed E-state index contributed by atoms with van der Waals surface area (Å²) < 4.78 is 5.72. The van der Waals surface area contributed by atoms with E-state index in [0.717, 1.165) is 25.2 Å². The predicted molar refractivity (Wildman–Crippen MR) is 75.4 cm³/mol. The highest BCUT2D eigenvalue weighted by Crippen LogP contribution is 2.30. The van der Waals surface area contributed by atoms with Crippen LogP contribution in [0.1, 0.15) is 79.1 Å². The first-order chi connectivity index (χ1) is 8.49. The molecule has 0 saturated heterocycles. The van der Waals surface area contributed by atoms with Gasteiger partial charge in [0.25, 0.3) is 0 Å². The van der Waals surface area contributed by atoms with Crippen LogP contribution in [0.25, 0.3) is 0 Å². The smallest absolute Gasteiger partial charge is 0.311 e. The van der Waals surface area contributed by atoms with Crippen molar-refractivity contribution in [3.8, 4) is 0 Å². The molecule has 1 saturated carbocycles. The van der Waals surface area contributed by atoms with Crippen molar-refractivity contribution in [2.24, 2.45) is 11.3 Å². The Labute approximate surface area is 112 Å². The molecule has 106 valence electrons. The second kappa shape index (κ2) is 7.16. The number of carbonyl (C=O) groups is 1. The fourth-order valence-corrected chi connectivity index (χ4v) is 2.55. The molecule has 0 heterocycles. The largest absolute Gasteiger partial charge is 0.462 e. The Kier molecular flexibility index (Phi) is 6.17. The molecule has 1 atom stereocenters. The summed E-state index contributed by atoms with van der Waals surface area (Å²) in [6.45, 7) is 8.12. The van der Waals surface area contributed by atoms with Crippen LogP contribution in [0.2, 0.25) is 0 Å². The number of hydrogen-bond acceptors (Lipinski definition) is 2. The maximum atomic E-state index is 12.1. The lowest BCUT2D eigenvalue weighted by Crippen LogP contribution is -2.31. The van der Waals surface area contributed by atoms with Gasteiger partial charge in [-0.05, 0) is 39.0 Å². The quantitative estimate of drug-likeness (QED) is 0.641. The van der Waals surface area contributed by atoms with E-state index in [1.165, 1.54) is 32.1 Å². The third-order valence-corrected chi connectivity index (χ3v) is 4.49. The average Bonchev–Trinajstić information content (AvgIpc) is 2.38. The van der Waals surface area contributed by atoms with Gasteiger partial charge in [0.2, 0.25) is 0 Å². The lowest BCUT2D eigenvalue weighted by molar-refractivity contribution is -0.161. The Hall–Kier alpha value is -0.530. The second-order valence-electron chi connectivity index (χ2n) is 6.41. The Bertz CT molecular complexity index is 252. The molecule has 1 aliphatic rings. The van der Waals surface area contributed by atoms with Crippen molar-refractivity contribution in [3.63, 3.8) is 0 Å². The van der Waals surface area contributed by atoms with Crippen molar-refractivity contribution in [2.45, 2.75) is 85.2 Å². The maximum Gasteiger partial charge on any atom is 0.311 e. The van der Waals surface area contributed by atoms with Gasteiger partial charge in [0.1, 0.15) is 6.10 Å². The van der Waals surface area contributed by atoms with Gasteiger partial charge in [-0.2, -0.15) is 0 Å². The molecule has 0 aromatic carbocycles. The van der Waals surface area contributed by atoms with E-state index in [1.807, 2.05) is 20.8 Å². The molecule has 2 nitrogen and oxygen atoms in total. The van der Waals surface area contributed by atoms with Crippen LogP contribution in [-0.4, -0.2) is 12.1 Å². The van der Waals surface area contributed by atoms with E-state index in [0.29, 0.717) is 0 Å². The first-order valence-corrected chi connectivity index (χ1v) is 7.70. The van der Waals surface area contributed by atoms with Gasteiger partial charge in [0, 0.05) is 0 Å². The van der Waals surface area contributed by atoms with Gasteiger partial charge in [-0.3, -0.25) is 4.79 Å². The van der Waals surface area contributed by atoms with Gasteiger partial charge >= 0.3 is 5.97 Å². The zero-order valence-electron chi connectivity index (χ0n) is 12.6. The van der Waals surface area contributed by atoms with E-state index < -0.39 is 0 Å². The number of carbonyl (C=O) groups excluding carboxylic acids is 1. The second-order valence-corrected chi connectivity index (χ2v) is 6.41. The van der Waals surface area contributed by atoms with E-state index in [1.54, 1.807) is 0 Å². The molecule has 1 rings (SSSR count). The minimum atomic E-state index is -0.333. The van der Waals surface area contributed by atoms with Crippen molar-refractivity contribution in [1.29, 1.82) is 0 Å². The van der Waals surface area contributed by atoms with Gasteiger partial charge in [-0.25, -0.2) is 0 Å². The molecular weight excluding hydrogens is 224 g/mol. The van der Waals surface area contributed by atoms with E-state index >= 15 is 0 Å². The van der Waals surface area contributed by atoms with Gasteiger partial charge in [-0.1, -0.05) is 46.0 Å². The first-order valence-electron chi connectivity index (χ1n) is 7.70. The SMILES string of the molecule is CCC(CC1CCCCC1)OC(=O)C(C)(C)CC. The zero-order chi connectivity index (χ0) is 13.6. The summed E-state index contributed by atoms with van der Waals surface area (Å²) in [4.78, 5) is 12.1. The third-order valence-electron chi connectivity index (χ3n) is 4.49. The molecule has 2 heteroatoms. The van der Waals surface area contributed by atoms with Crippen LogP contribution in [0.15, 0.2) is 0 Å². The van der Waals surface area contributed by atoms with Crippen molar-refractivity contribution >= 4 is 5.97 Å². The van der Waals surface area contributed by atoms with Crippen LogP contribution in [0, 0.1) is 11.3 Å². The topological polar surface area (TPSA) is 26.3 Å². The van der Waals surface area contributed by atoms with E-state index in [9.17, 15) is 4.79 Å². The Morgan fingerprint density at radius 3 is 2.33 bits per heavy atom. The Morgan fingerprint density at radius 1 is 1.22 bits per heavy atom. The van der Waals surface area contributed by atoms with Crippen molar-refractivity contribution in [1.82, 2.24) is 0 Å². The summed E-state index contributed by atoms with van der Waals surface area (Å²) in [7, 11) is 0. The highest BCUT2D eigenvalue weighted by Gasteiger charge is 2.30. The number of esters is 1. The van der Waals surface area contributed by atoms with Crippen molar-refractivity contribution in [2.75, 3.05) is 0 Å². The van der Waals surface area contributed by atoms with E-state index in [4.69, 9.17) is 4.74 Å². The molecule has 0 radical (unpaired) electrons. The molecule has 0 N–H and O–H groups in total. The molecule has 1 fully saturated rings. The highest BCUT2D eigenvalue weighted by atomic mass is 16.5. The average molecular weight is 254 g/mol. The molecule has 18 heavy (non-hydrogen) atoms. The molecule has 1 unspecified atom stereocenters. The molecule has 0 aliphatic heterocycles. The number of ether oxygens (including phenoxy) is 1. The van der Waals surface area contributed by atoms with Gasteiger partial charge in [0.05, 0.1) is 5.41 Å². The summed E-state index contributed by atoms with van der Waals surface area (Å²) >= 11 is 0. The fraction of sp³-hybridized carbons (Fsp3) is 0.938. The van der Waals surface area contributed by atoms with Crippen molar-refractivity contribution in [3.05, 3.63) is 0 Å². The molecule has 0 aromatic heterocycles. The minimum Gasteiger partial charge on any atom is -0.462 e. The number of rotatable bonds is 6. The summed E-state index contributed by atoms with van der Waals surface area (Å²) in [5, 5.41) is 0. The maximum absolute atomic E-state index is 12.1. The van der Waals surface area contributed by atoms with Gasteiger partial charge in [0.15, 0.2) is 0 Å². The zero-order valence-corrected chi connectivity index (χ0v) is 12.6. The summed E-state index contributed by atoms with van der Waals surface area (Å²) in [5.74, 6) is 0.758. The summed E-state index contributed by atoms with van der Waals surface area (Å²) in [6.07, 6.45) is 9.74. The van der Waals surface area contributed by atoms with E-state index in [2.05, 4.69) is 6.92 Å². The lowest BCUT2D eigenvalue weighted by atomic mass is 9.85. The predicted octanol–water partition coefficient (Wildman–Crippen LogP) is 4.71. The summed E-state index contributed by atoms with van der Waals surface area (Å²) in [6, 6.07) is 0. The molecule has 1 aliphatic carbocycles. The third kappa shape index (κ3) is 4.62. The minimum absolute atomic E-state index is 0.0207. The molecule has 0 aromatic rings. The molecular formula is C16H30O2. The van der Waals surface area contributed by atoms with Crippen LogP contribution in [0.4, 0.5) is 0 Å². The Morgan fingerprint density at radius 2 is 1.83 bits per heavy atom. The summed E-state index contributed by atoms with van der Waals surface area (Å²) in [5.41, 5.74) is -0.333. The van der Waals surface area contributed by atoms with Crippen LogP contribution in [0.3, 0.4) is 0 Å². The van der Waals surface area contributed by atoms with Gasteiger partial charge < -0.3 is 4.74 Å². The Balaban J connectivity index is 2.43. The van der Waals surface area contributed by atoms with Crippen LogP contribution in [-0.2, 0) is 9.53 Å². The first kappa shape index (κ1) is 15.5. The molecule has 0 spiro atoms. The van der Waals surface area contributed by atoms with E-state index in [-0.39, 0.29) is 17.5 Å². The van der Waals surface area contributed by atoms with Crippen LogP contribution in [0.5, 0.6) is 0 Å². The lowest BCUT2D eigenvalue weighted by Gasteiger charge is -2.29. The fourth-order valence-electron chi connectivity index (χ4n) is 2.55. The van der Waals surface area contributed by atoms with Crippen LogP contribution >= 0.6 is 0 Å². The number of hydrogen-bond donors (Lipinski definition) is 0. The van der Waals surface area contributed by atoms with Crippen molar-refractivity contribution < 1.29 is 9.53 Å². The molecule has 0 amide bonds. The van der Waals surface area contributed by atoms with Crippen LogP contribution < -0.4 is 0 Å². The molecule has 0 bridgehead atoms.